The van der Waals surface area contributed by atoms with Crippen LogP contribution in [0.5, 0.6) is 0 Å². The minimum absolute atomic E-state index is 0.274. The Labute approximate surface area is 128 Å². The fraction of sp³-hybridized carbons (Fsp3) is 1.00. The quantitative estimate of drug-likeness (QED) is 0.605. The maximum Gasteiger partial charge on any atom is 0.177 e. The SMILES string of the molecule is NOC(O)C1CC[C@H]2C(CC[C@H]3[C@@H]4CCC[C@H]4CC[C@@H]32)C1. The number of aliphatic hydroxyl groups is 1. The van der Waals surface area contributed by atoms with Gasteiger partial charge in [0, 0.05) is 5.92 Å². The summed E-state index contributed by atoms with van der Waals surface area (Å²) < 4.78 is 0. The van der Waals surface area contributed by atoms with Gasteiger partial charge in [0.25, 0.3) is 0 Å². The Bertz CT molecular complexity index is 374. The Morgan fingerprint density at radius 2 is 1.43 bits per heavy atom. The van der Waals surface area contributed by atoms with Crippen LogP contribution >= 0.6 is 0 Å². The molecule has 0 amide bonds. The van der Waals surface area contributed by atoms with Gasteiger partial charge in [-0.3, -0.25) is 4.84 Å². The molecule has 4 saturated carbocycles. The molecule has 3 heteroatoms. The Hall–Kier alpha value is -0.120. The third-order valence-electron chi connectivity index (χ3n) is 7.73. The van der Waals surface area contributed by atoms with Crippen molar-refractivity contribution < 1.29 is 9.94 Å². The van der Waals surface area contributed by atoms with E-state index in [1.54, 1.807) is 0 Å². The molecule has 3 N–H and O–H groups in total. The van der Waals surface area contributed by atoms with Crippen molar-refractivity contribution >= 4 is 0 Å². The van der Waals surface area contributed by atoms with Gasteiger partial charge in [-0.05, 0) is 86.9 Å². The number of hydrogen-bond acceptors (Lipinski definition) is 3. The lowest BCUT2D eigenvalue weighted by Crippen LogP contribution is -2.45. The van der Waals surface area contributed by atoms with Crippen LogP contribution in [0.3, 0.4) is 0 Å². The summed E-state index contributed by atoms with van der Waals surface area (Å²) in [6.45, 7) is 0. The molecule has 8 atom stereocenters. The first-order chi connectivity index (χ1) is 10.3. The Morgan fingerprint density at radius 3 is 2.19 bits per heavy atom. The van der Waals surface area contributed by atoms with Crippen LogP contribution in [0.15, 0.2) is 0 Å². The van der Waals surface area contributed by atoms with Crippen LogP contribution in [0, 0.1) is 41.4 Å². The van der Waals surface area contributed by atoms with Gasteiger partial charge < -0.3 is 5.11 Å². The van der Waals surface area contributed by atoms with Gasteiger partial charge in [-0.1, -0.05) is 12.8 Å². The van der Waals surface area contributed by atoms with Crippen LogP contribution in [0.4, 0.5) is 0 Å². The predicted octanol–water partition coefficient (Wildman–Crippen LogP) is 3.46. The molecular formula is C18H31NO2. The van der Waals surface area contributed by atoms with E-state index in [4.69, 9.17) is 5.90 Å². The van der Waals surface area contributed by atoms with Crippen LogP contribution in [0.2, 0.25) is 0 Å². The van der Waals surface area contributed by atoms with Gasteiger partial charge in [-0.25, -0.2) is 5.90 Å². The summed E-state index contributed by atoms with van der Waals surface area (Å²) in [5, 5.41) is 9.88. The van der Waals surface area contributed by atoms with E-state index in [1.807, 2.05) is 0 Å². The number of nitrogens with two attached hydrogens (primary N) is 1. The minimum Gasteiger partial charge on any atom is -0.366 e. The highest BCUT2D eigenvalue weighted by Crippen LogP contribution is 2.58. The molecule has 4 aliphatic rings. The molecule has 0 aliphatic heterocycles. The normalized spacial score (nSPS) is 50.9. The van der Waals surface area contributed by atoms with Gasteiger partial charge in [0.2, 0.25) is 0 Å². The molecule has 4 fully saturated rings. The lowest BCUT2D eigenvalue weighted by molar-refractivity contribution is -0.158. The number of aliphatic hydroxyl groups excluding tert-OH is 1. The highest BCUT2D eigenvalue weighted by molar-refractivity contribution is 4.99. The zero-order valence-corrected chi connectivity index (χ0v) is 13.1. The van der Waals surface area contributed by atoms with E-state index >= 15 is 0 Å². The van der Waals surface area contributed by atoms with E-state index < -0.39 is 6.29 Å². The molecule has 0 aromatic rings. The second-order valence-corrected chi connectivity index (χ2v) is 8.36. The van der Waals surface area contributed by atoms with E-state index in [0.29, 0.717) is 0 Å². The summed E-state index contributed by atoms with van der Waals surface area (Å²) in [7, 11) is 0. The van der Waals surface area contributed by atoms with Gasteiger partial charge in [0.15, 0.2) is 6.29 Å². The molecule has 21 heavy (non-hydrogen) atoms. The first-order valence-electron chi connectivity index (χ1n) is 9.31. The Morgan fingerprint density at radius 1 is 0.762 bits per heavy atom. The zero-order chi connectivity index (χ0) is 14.4. The maximum atomic E-state index is 9.88. The monoisotopic (exact) mass is 293 g/mol. The standard InChI is InChI=1S/C18H31NO2/c19-21-18(20)13-6-7-15-12(10-13)5-9-16-14-3-1-2-11(14)4-8-17(15)16/h11-18,20H,1-10,19H2/t11-,12?,13?,14+,15-,16-,17+,18?/m0/s1. The molecule has 0 saturated heterocycles. The van der Waals surface area contributed by atoms with E-state index in [9.17, 15) is 5.11 Å². The fourth-order valence-corrected chi connectivity index (χ4v) is 6.88. The summed E-state index contributed by atoms with van der Waals surface area (Å²) in [5.74, 6) is 11.4. The molecule has 0 heterocycles. The minimum atomic E-state index is -0.741. The zero-order valence-electron chi connectivity index (χ0n) is 13.1. The van der Waals surface area contributed by atoms with Crippen molar-refractivity contribution in [1.82, 2.24) is 0 Å². The largest absolute Gasteiger partial charge is 0.366 e. The summed E-state index contributed by atoms with van der Waals surface area (Å²) >= 11 is 0. The van der Waals surface area contributed by atoms with Gasteiger partial charge >= 0.3 is 0 Å². The van der Waals surface area contributed by atoms with Crippen LogP contribution in [-0.4, -0.2) is 11.4 Å². The molecule has 0 spiro atoms. The first-order valence-corrected chi connectivity index (χ1v) is 9.31. The molecule has 4 aliphatic carbocycles. The lowest BCUT2D eigenvalue weighted by atomic mass is 9.53. The summed E-state index contributed by atoms with van der Waals surface area (Å²) in [5.41, 5.74) is 0. The van der Waals surface area contributed by atoms with E-state index in [2.05, 4.69) is 4.84 Å². The third kappa shape index (κ3) is 2.46. The Kier molecular flexibility index (Phi) is 4.01. The van der Waals surface area contributed by atoms with Crippen molar-refractivity contribution in [3.05, 3.63) is 0 Å². The molecule has 4 rings (SSSR count). The van der Waals surface area contributed by atoms with Gasteiger partial charge in [0.1, 0.15) is 0 Å². The summed E-state index contributed by atoms with van der Waals surface area (Å²) in [6, 6.07) is 0. The highest BCUT2D eigenvalue weighted by Gasteiger charge is 2.49. The van der Waals surface area contributed by atoms with Crippen molar-refractivity contribution in [2.75, 3.05) is 0 Å². The smallest absolute Gasteiger partial charge is 0.177 e. The van der Waals surface area contributed by atoms with Gasteiger partial charge in [-0.15, -0.1) is 0 Å². The molecule has 0 aromatic heterocycles. The van der Waals surface area contributed by atoms with Crippen molar-refractivity contribution in [2.45, 2.75) is 70.5 Å². The molecular weight excluding hydrogens is 262 g/mol. The Balaban J connectivity index is 1.45. The first kappa shape index (κ1) is 14.5. The van der Waals surface area contributed by atoms with Crippen molar-refractivity contribution in [2.24, 2.45) is 47.3 Å². The number of fused-ring (bicyclic) bond motifs is 5. The van der Waals surface area contributed by atoms with E-state index in [0.717, 1.165) is 48.3 Å². The third-order valence-corrected chi connectivity index (χ3v) is 7.73. The number of hydrogen-bond donors (Lipinski definition) is 2. The van der Waals surface area contributed by atoms with Crippen LogP contribution < -0.4 is 5.90 Å². The van der Waals surface area contributed by atoms with Crippen LogP contribution in [0.1, 0.15) is 64.2 Å². The molecule has 0 radical (unpaired) electrons. The maximum absolute atomic E-state index is 9.88. The summed E-state index contributed by atoms with van der Waals surface area (Å²) in [6.07, 6.45) is 13.2. The van der Waals surface area contributed by atoms with Crippen molar-refractivity contribution in [3.8, 4) is 0 Å². The average Bonchev–Trinajstić information content (AvgIpc) is 3.02. The topological polar surface area (TPSA) is 55.5 Å². The molecule has 120 valence electrons. The molecule has 0 bridgehead atoms. The second kappa shape index (κ2) is 5.82. The van der Waals surface area contributed by atoms with Gasteiger partial charge in [0.05, 0.1) is 0 Å². The lowest BCUT2D eigenvalue weighted by Gasteiger charge is -2.53. The average molecular weight is 293 g/mol. The fourth-order valence-electron chi connectivity index (χ4n) is 6.88. The summed E-state index contributed by atoms with van der Waals surface area (Å²) in [4.78, 5) is 4.69. The highest BCUT2D eigenvalue weighted by atomic mass is 16.7. The molecule has 0 aromatic carbocycles. The van der Waals surface area contributed by atoms with Crippen LogP contribution in [0.25, 0.3) is 0 Å². The number of rotatable bonds is 2. The van der Waals surface area contributed by atoms with E-state index in [1.165, 1.54) is 51.4 Å². The van der Waals surface area contributed by atoms with Gasteiger partial charge in [-0.2, -0.15) is 0 Å². The van der Waals surface area contributed by atoms with Crippen LogP contribution in [-0.2, 0) is 4.84 Å². The second-order valence-electron chi connectivity index (χ2n) is 8.36. The predicted molar refractivity (Wildman–Crippen MR) is 81.9 cm³/mol. The molecule has 3 unspecified atom stereocenters. The van der Waals surface area contributed by atoms with Crippen molar-refractivity contribution in [3.63, 3.8) is 0 Å². The van der Waals surface area contributed by atoms with Crippen molar-refractivity contribution in [1.29, 1.82) is 0 Å². The molecule has 3 nitrogen and oxygen atoms in total. The van der Waals surface area contributed by atoms with E-state index in [-0.39, 0.29) is 5.92 Å².